The number of carbonyl (C=O) groups is 2. The molecule has 0 bridgehead atoms. The van der Waals surface area contributed by atoms with Crippen LogP contribution in [0.25, 0.3) is 0 Å². The molecule has 0 aliphatic carbocycles. The van der Waals surface area contributed by atoms with E-state index in [9.17, 15) is 18.0 Å². The van der Waals surface area contributed by atoms with E-state index in [0.29, 0.717) is 11.1 Å². The molecule has 0 atom stereocenters. The van der Waals surface area contributed by atoms with Crippen molar-refractivity contribution in [3.05, 3.63) is 35.4 Å². The number of rotatable bonds is 5. The summed E-state index contributed by atoms with van der Waals surface area (Å²) in [6, 6.07) is 5.87. The summed E-state index contributed by atoms with van der Waals surface area (Å²) >= 11 is 0. The van der Waals surface area contributed by atoms with Crippen LogP contribution in [-0.4, -0.2) is 44.1 Å². The zero-order valence-corrected chi connectivity index (χ0v) is 11.0. The molecule has 0 spiro atoms. The Balaban J connectivity index is 2.61. The third-order valence-corrected chi connectivity index (χ3v) is 3.00. The van der Waals surface area contributed by atoms with Crippen LogP contribution in [0.1, 0.15) is 20.7 Å². The second-order valence-electron chi connectivity index (χ2n) is 3.70. The number of carbonyl (C=O) groups excluding carboxylic acids is 2. The molecule has 7 nitrogen and oxygen atoms in total. The molecule has 1 aromatic rings. The molecule has 3 N–H and O–H groups in total. The van der Waals surface area contributed by atoms with Crippen LogP contribution in [0, 0.1) is 0 Å². The van der Waals surface area contributed by atoms with E-state index < -0.39 is 21.8 Å². The van der Waals surface area contributed by atoms with Gasteiger partial charge in [-0.25, -0.2) is 0 Å². The Kier molecular flexibility index (Phi) is 5.02. The maximum absolute atomic E-state index is 11.6. The second-order valence-corrected chi connectivity index (χ2v) is 5.27. The normalized spacial score (nSPS) is 10.8. The summed E-state index contributed by atoms with van der Waals surface area (Å²) in [5.41, 5.74) is 0.708. The molecule has 0 saturated carbocycles. The average molecular weight is 286 g/mol. The minimum absolute atomic E-state index is 0.186. The van der Waals surface area contributed by atoms with Crippen LogP contribution in [0.2, 0.25) is 0 Å². The fourth-order valence-electron chi connectivity index (χ4n) is 1.31. The predicted octanol–water partition coefficient (Wildman–Crippen LogP) is -0.336. The molecule has 0 aromatic heterocycles. The Bertz CT molecular complexity index is 565. The van der Waals surface area contributed by atoms with Crippen molar-refractivity contribution in [2.75, 3.05) is 19.3 Å². The van der Waals surface area contributed by atoms with Crippen molar-refractivity contribution in [1.82, 2.24) is 10.6 Å². The lowest BCUT2D eigenvalue weighted by molar-refractivity contribution is 0.0947. The van der Waals surface area contributed by atoms with E-state index >= 15 is 0 Å². The van der Waals surface area contributed by atoms with Gasteiger partial charge in [0, 0.05) is 24.7 Å². The summed E-state index contributed by atoms with van der Waals surface area (Å²) < 4.78 is 29.4. The van der Waals surface area contributed by atoms with Gasteiger partial charge in [0.2, 0.25) is 0 Å². The SMILES string of the molecule is CNC(=O)c1ccc(C(=O)NCCS(=O)(=O)O)cc1. The highest BCUT2D eigenvalue weighted by atomic mass is 32.2. The highest BCUT2D eigenvalue weighted by Gasteiger charge is 2.09. The molecule has 0 aliphatic heterocycles. The Morgan fingerprint density at radius 3 is 2.00 bits per heavy atom. The minimum atomic E-state index is -4.09. The highest BCUT2D eigenvalue weighted by molar-refractivity contribution is 7.85. The first kappa shape index (κ1) is 15.1. The van der Waals surface area contributed by atoms with Crippen molar-refractivity contribution in [2.45, 2.75) is 0 Å². The molecular weight excluding hydrogens is 272 g/mol. The summed E-state index contributed by atoms with van der Waals surface area (Å²) in [4.78, 5) is 22.9. The van der Waals surface area contributed by atoms with E-state index in [1.807, 2.05) is 0 Å². The van der Waals surface area contributed by atoms with Gasteiger partial charge in [0.15, 0.2) is 0 Å². The molecule has 0 saturated heterocycles. The average Bonchev–Trinajstić information content (AvgIpc) is 2.36. The molecule has 0 radical (unpaired) electrons. The fraction of sp³-hybridized carbons (Fsp3) is 0.273. The van der Waals surface area contributed by atoms with Gasteiger partial charge in [-0.3, -0.25) is 14.1 Å². The summed E-state index contributed by atoms with van der Waals surface area (Å²) in [6.07, 6.45) is 0. The lowest BCUT2D eigenvalue weighted by atomic mass is 10.1. The number of hydrogen-bond donors (Lipinski definition) is 3. The summed E-state index contributed by atoms with van der Waals surface area (Å²) in [6.45, 7) is -0.186. The summed E-state index contributed by atoms with van der Waals surface area (Å²) in [5.74, 6) is -1.29. The first-order chi connectivity index (χ1) is 8.83. The lowest BCUT2D eigenvalue weighted by Gasteiger charge is -2.05. The molecular formula is C11H14N2O5S. The number of benzene rings is 1. The van der Waals surface area contributed by atoms with E-state index in [-0.39, 0.29) is 12.5 Å². The Labute approximate surface area is 110 Å². The monoisotopic (exact) mass is 286 g/mol. The van der Waals surface area contributed by atoms with Gasteiger partial charge in [0.25, 0.3) is 21.9 Å². The molecule has 0 unspecified atom stereocenters. The van der Waals surface area contributed by atoms with Crippen molar-refractivity contribution in [3.8, 4) is 0 Å². The number of hydrogen-bond acceptors (Lipinski definition) is 4. The van der Waals surface area contributed by atoms with Crippen molar-refractivity contribution in [1.29, 1.82) is 0 Å². The summed E-state index contributed by atoms with van der Waals surface area (Å²) in [5, 5.41) is 4.79. The zero-order chi connectivity index (χ0) is 14.5. The van der Waals surface area contributed by atoms with E-state index in [1.54, 1.807) is 0 Å². The third-order valence-electron chi connectivity index (χ3n) is 2.28. The van der Waals surface area contributed by atoms with E-state index in [0.717, 1.165) is 0 Å². The van der Waals surface area contributed by atoms with Gasteiger partial charge in [0.05, 0.1) is 5.75 Å². The van der Waals surface area contributed by atoms with Gasteiger partial charge in [-0.1, -0.05) is 0 Å². The Hall–Kier alpha value is -1.93. The first-order valence-electron chi connectivity index (χ1n) is 5.39. The van der Waals surface area contributed by atoms with Crippen LogP contribution in [0.4, 0.5) is 0 Å². The molecule has 1 aromatic carbocycles. The lowest BCUT2D eigenvalue weighted by Crippen LogP contribution is -2.29. The van der Waals surface area contributed by atoms with Gasteiger partial charge in [-0.05, 0) is 24.3 Å². The van der Waals surface area contributed by atoms with Crippen molar-refractivity contribution >= 4 is 21.9 Å². The fourth-order valence-corrected chi connectivity index (χ4v) is 1.67. The highest BCUT2D eigenvalue weighted by Crippen LogP contribution is 2.04. The van der Waals surface area contributed by atoms with Crippen molar-refractivity contribution < 1.29 is 22.6 Å². The van der Waals surface area contributed by atoms with Crippen LogP contribution in [0.5, 0.6) is 0 Å². The van der Waals surface area contributed by atoms with Crippen molar-refractivity contribution in [3.63, 3.8) is 0 Å². The number of nitrogens with one attached hydrogen (secondary N) is 2. The summed E-state index contributed by atoms with van der Waals surface area (Å²) in [7, 11) is -2.59. The van der Waals surface area contributed by atoms with Gasteiger partial charge in [-0.2, -0.15) is 8.42 Å². The molecule has 0 aliphatic rings. The van der Waals surface area contributed by atoms with Crippen LogP contribution in [0.3, 0.4) is 0 Å². The maximum Gasteiger partial charge on any atom is 0.266 e. The standard InChI is InChI=1S/C11H14N2O5S/c1-12-10(14)8-2-4-9(5-3-8)11(15)13-6-7-19(16,17)18/h2-5H,6-7H2,1H3,(H,12,14)(H,13,15)(H,16,17,18). The molecule has 0 heterocycles. The van der Waals surface area contributed by atoms with E-state index in [1.165, 1.54) is 31.3 Å². The van der Waals surface area contributed by atoms with Gasteiger partial charge in [0.1, 0.15) is 0 Å². The second kappa shape index (κ2) is 6.30. The van der Waals surface area contributed by atoms with Gasteiger partial charge >= 0.3 is 0 Å². The van der Waals surface area contributed by atoms with Crippen LogP contribution in [-0.2, 0) is 10.1 Å². The quantitative estimate of drug-likeness (QED) is 0.641. The Morgan fingerprint density at radius 1 is 1.11 bits per heavy atom. The topological polar surface area (TPSA) is 113 Å². The number of amides is 2. The maximum atomic E-state index is 11.6. The van der Waals surface area contributed by atoms with Gasteiger partial charge < -0.3 is 10.6 Å². The largest absolute Gasteiger partial charge is 0.355 e. The molecule has 8 heteroatoms. The molecule has 104 valence electrons. The Morgan fingerprint density at radius 2 is 1.58 bits per heavy atom. The van der Waals surface area contributed by atoms with Crippen LogP contribution < -0.4 is 10.6 Å². The third kappa shape index (κ3) is 5.06. The van der Waals surface area contributed by atoms with E-state index in [2.05, 4.69) is 10.6 Å². The molecule has 1 rings (SSSR count). The zero-order valence-electron chi connectivity index (χ0n) is 10.2. The predicted molar refractivity (Wildman–Crippen MR) is 68.6 cm³/mol. The smallest absolute Gasteiger partial charge is 0.266 e. The van der Waals surface area contributed by atoms with E-state index in [4.69, 9.17) is 4.55 Å². The molecule has 19 heavy (non-hydrogen) atoms. The first-order valence-corrected chi connectivity index (χ1v) is 7.00. The van der Waals surface area contributed by atoms with Gasteiger partial charge in [-0.15, -0.1) is 0 Å². The minimum Gasteiger partial charge on any atom is -0.355 e. The molecule has 2 amide bonds. The molecule has 0 fully saturated rings. The van der Waals surface area contributed by atoms with Crippen LogP contribution in [0.15, 0.2) is 24.3 Å². The van der Waals surface area contributed by atoms with Crippen LogP contribution >= 0.6 is 0 Å². The van der Waals surface area contributed by atoms with Crippen molar-refractivity contribution in [2.24, 2.45) is 0 Å².